The molecular formula is C12H20N2O4S3. The first-order valence-corrected chi connectivity index (χ1v) is 10.6. The van der Waals surface area contributed by atoms with Crippen LogP contribution in [0.25, 0.3) is 0 Å². The maximum Gasteiger partial charge on any atom is 0.242 e. The number of nitrogen functional groups attached to an aromatic ring is 1. The Balaban J connectivity index is 3.20. The molecule has 0 heterocycles. The first-order valence-electron chi connectivity index (χ1n) is 6.03. The monoisotopic (exact) mass is 352 g/mol. The third kappa shape index (κ3) is 4.87. The number of benzene rings is 1. The van der Waals surface area contributed by atoms with Crippen molar-refractivity contribution >= 4 is 37.3 Å². The molecule has 0 aliphatic rings. The maximum atomic E-state index is 12.3. The Kier molecular flexibility index (Phi) is 5.36. The van der Waals surface area contributed by atoms with Crippen molar-refractivity contribution in [1.29, 1.82) is 0 Å². The van der Waals surface area contributed by atoms with Gasteiger partial charge in [-0.3, -0.25) is 0 Å². The van der Waals surface area contributed by atoms with Crippen molar-refractivity contribution in [2.75, 3.05) is 24.8 Å². The van der Waals surface area contributed by atoms with E-state index >= 15 is 0 Å². The molecule has 0 saturated carbocycles. The van der Waals surface area contributed by atoms with E-state index in [1.165, 1.54) is 23.9 Å². The molecule has 9 heteroatoms. The molecule has 120 valence electrons. The Labute approximate surface area is 130 Å². The summed E-state index contributed by atoms with van der Waals surface area (Å²) in [4.78, 5) is -0.302. The van der Waals surface area contributed by atoms with Crippen molar-refractivity contribution in [2.24, 2.45) is 0 Å². The van der Waals surface area contributed by atoms with E-state index in [0.717, 1.165) is 12.3 Å². The lowest BCUT2D eigenvalue weighted by Crippen LogP contribution is -2.36. The number of sulfonamides is 1. The van der Waals surface area contributed by atoms with Crippen LogP contribution in [-0.4, -0.2) is 40.6 Å². The molecule has 1 aromatic rings. The summed E-state index contributed by atoms with van der Waals surface area (Å²) in [6, 6.07) is 3.65. The van der Waals surface area contributed by atoms with Gasteiger partial charge in [-0.2, -0.15) is 11.8 Å². The maximum absolute atomic E-state index is 12.3. The van der Waals surface area contributed by atoms with Crippen molar-refractivity contribution in [1.82, 2.24) is 4.72 Å². The summed E-state index contributed by atoms with van der Waals surface area (Å²) in [5, 5.41) is 0. The predicted octanol–water partition coefficient (Wildman–Crippen LogP) is 1.09. The molecule has 0 bridgehead atoms. The van der Waals surface area contributed by atoms with Crippen LogP contribution >= 0.6 is 11.8 Å². The van der Waals surface area contributed by atoms with Crippen molar-refractivity contribution in [3.05, 3.63) is 18.2 Å². The molecule has 0 spiro atoms. The molecular weight excluding hydrogens is 332 g/mol. The topological polar surface area (TPSA) is 106 Å². The van der Waals surface area contributed by atoms with Crippen LogP contribution < -0.4 is 10.5 Å². The van der Waals surface area contributed by atoms with Crippen LogP contribution in [0.15, 0.2) is 28.0 Å². The minimum absolute atomic E-state index is 0.0110. The van der Waals surface area contributed by atoms with Gasteiger partial charge in [0.1, 0.15) is 4.90 Å². The number of sulfone groups is 1. The van der Waals surface area contributed by atoms with Crippen LogP contribution in [0.3, 0.4) is 0 Å². The van der Waals surface area contributed by atoms with Crippen LogP contribution in [0.5, 0.6) is 0 Å². The van der Waals surface area contributed by atoms with E-state index in [9.17, 15) is 16.8 Å². The molecule has 0 saturated heterocycles. The summed E-state index contributed by atoms with van der Waals surface area (Å²) >= 11 is 1.52. The highest BCUT2D eigenvalue weighted by Gasteiger charge is 2.24. The van der Waals surface area contributed by atoms with Crippen molar-refractivity contribution in [3.63, 3.8) is 0 Å². The van der Waals surface area contributed by atoms with E-state index in [2.05, 4.69) is 4.72 Å². The van der Waals surface area contributed by atoms with Crippen LogP contribution in [0.4, 0.5) is 5.69 Å². The number of anilines is 1. The summed E-state index contributed by atoms with van der Waals surface area (Å²) in [6.45, 7) is 4.01. The van der Waals surface area contributed by atoms with Gasteiger partial charge in [0.2, 0.25) is 10.0 Å². The van der Waals surface area contributed by atoms with Crippen molar-refractivity contribution in [2.45, 2.75) is 28.4 Å². The summed E-state index contributed by atoms with van der Waals surface area (Å²) in [5.41, 5.74) is 5.68. The van der Waals surface area contributed by atoms with Gasteiger partial charge in [0.15, 0.2) is 9.84 Å². The molecule has 1 rings (SSSR count). The van der Waals surface area contributed by atoms with E-state index in [0.29, 0.717) is 0 Å². The lowest BCUT2D eigenvalue weighted by Gasteiger charge is -2.22. The van der Waals surface area contributed by atoms with Gasteiger partial charge in [-0.15, -0.1) is 0 Å². The average Bonchev–Trinajstić information content (AvgIpc) is 2.35. The number of nitrogens with two attached hydrogens (primary N) is 1. The zero-order chi connectivity index (χ0) is 16.5. The Morgan fingerprint density at radius 1 is 1.24 bits per heavy atom. The zero-order valence-electron chi connectivity index (χ0n) is 12.4. The van der Waals surface area contributed by atoms with Gasteiger partial charge in [0.25, 0.3) is 0 Å². The number of hydrogen-bond donors (Lipinski definition) is 2. The first-order chi connectivity index (χ1) is 9.39. The summed E-state index contributed by atoms with van der Waals surface area (Å²) in [5.74, 6) is 0. The highest BCUT2D eigenvalue weighted by molar-refractivity contribution is 8.00. The quantitative estimate of drug-likeness (QED) is 0.742. The summed E-state index contributed by atoms with van der Waals surface area (Å²) in [6.07, 6.45) is 2.89. The Morgan fingerprint density at radius 3 is 2.29 bits per heavy atom. The molecule has 3 N–H and O–H groups in total. The third-order valence-electron chi connectivity index (χ3n) is 2.94. The highest BCUT2D eigenvalue weighted by atomic mass is 32.2. The van der Waals surface area contributed by atoms with E-state index in [4.69, 9.17) is 5.73 Å². The molecule has 1 aromatic carbocycles. The minimum atomic E-state index is -3.87. The minimum Gasteiger partial charge on any atom is -0.398 e. The highest BCUT2D eigenvalue weighted by Crippen LogP contribution is 2.24. The molecule has 0 aliphatic heterocycles. The van der Waals surface area contributed by atoms with E-state index in [1.807, 2.05) is 20.1 Å². The fraction of sp³-hybridized carbons (Fsp3) is 0.500. The smallest absolute Gasteiger partial charge is 0.242 e. The number of thioether (sulfide) groups is 1. The van der Waals surface area contributed by atoms with Gasteiger partial charge in [0, 0.05) is 17.5 Å². The largest absolute Gasteiger partial charge is 0.398 e. The van der Waals surface area contributed by atoms with Gasteiger partial charge in [-0.05, 0) is 38.3 Å². The summed E-state index contributed by atoms with van der Waals surface area (Å²) < 4.78 is 49.8. The zero-order valence-corrected chi connectivity index (χ0v) is 14.8. The van der Waals surface area contributed by atoms with Gasteiger partial charge in [0.05, 0.1) is 10.6 Å². The molecule has 0 radical (unpaired) electrons. The first kappa shape index (κ1) is 18.3. The van der Waals surface area contributed by atoms with Gasteiger partial charge in [-0.1, -0.05) is 0 Å². The second-order valence-electron chi connectivity index (χ2n) is 5.26. The molecule has 0 aromatic heterocycles. The van der Waals surface area contributed by atoms with Crippen molar-refractivity contribution in [3.8, 4) is 0 Å². The predicted molar refractivity (Wildman–Crippen MR) is 86.7 cm³/mol. The van der Waals surface area contributed by atoms with Gasteiger partial charge < -0.3 is 5.73 Å². The van der Waals surface area contributed by atoms with E-state index in [1.54, 1.807) is 0 Å². The SMILES string of the molecule is CSC(C)(C)CNS(=O)(=O)c1cc(S(C)(=O)=O)ccc1N. The lowest BCUT2D eigenvalue weighted by atomic mass is 10.2. The normalized spacial score (nSPS) is 13.3. The fourth-order valence-electron chi connectivity index (χ4n) is 1.40. The second kappa shape index (κ2) is 6.15. The van der Waals surface area contributed by atoms with E-state index < -0.39 is 19.9 Å². The third-order valence-corrected chi connectivity index (χ3v) is 6.76. The Morgan fingerprint density at radius 2 is 1.81 bits per heavy atom. The van der Waals surface area contributed by atoms with Gasteiger partial charge >= 0.3 is 0 Å². The van der Waals surface area contributed by atoms with Crippen LogP contribution in [0.2, 0.25) is 0 Å². The molecule has 0 amide bonds. The molecule has 0 atom stereocenters. The summed E-state index contributed by atoms with van der Waals surface area (Å²) in [7, 11) is -7.37. The molecule has 0 aliphatic carbocycles. The van der Waals surface area contributed by atoms with Crippen molar-refractivity contribution < 1.29 is 16.8 Å². The van der Waals surface area contributed by atoms with E-state index in [-0.39, 0.29) is 26.8 Å². The Bertz CT molecular complexity index is 725. The number of hydrogen-bond acceptors (Lipinski definition) is 6. The Hall–Kier alpha value is -0.770. The lowest BCUT2D eigenvalue weighted by molar-refractivity contribution is 0.571. The fourth-order valence-corrected chi connectivity index (χ4v) is 3.79. The molecule has 0 unspecified atom stereocenters. The van der Waals surface area contributed by atoms with Crippen LogP contribution in [0.1, 0.15) is 13.8 Å². The molecule has 0 fully saturated rings. The number of rotatable bonds is 6. The molecule has 6 nitrogen and oxygen atoms in total. The van der Waals surface area contributed by atoms with Gasteiger partial charge in [-0.25, -0.2) is 21.6 Å². The standard InChI is InChI=1S/C12H20N2O4S3/c1-12(2,19-3)8-14-21(17,18)11-7-9(20(4,15)16)5-6-10(11)13/h5-7,14H,8,13H2,1-4H3. The van der Waals surface area contributed by atoms with Crippen LogP contribution in [-0.2, 0) is 19.9 Å². The number of nitrogens with one attached hydrogen (secondary N) is 1. The average molecular weight is 353 g/mol. The second-order valence-corrected chi connectivity index (χ2v) is 10.5. The van der Waals surface area contributed by atoms with Crippen LogP contribution in [0, 0.1) is 0 Å². The molecule has 21 heavy (non-hydrogen) atoms.